The summed E-state index contributed by atoms with van der Waals surface area (Å²) in [5, 5.41) is 3.13. The molecule has 1 atom stereocenters. The van der Waals surface area contributed by atoms with Crippen molar-refractivity contribution in [3.05, 3.63) is 41.6 Å². The van der Waals surface area contributed by atoms with Crippen molar-refractivity contribution in [1.29, 1.82) is 0 Å². The molecule has 28 heavy (non-hydrogen) atoms. The van der Waals surface area contributed by atoms with Crippen LogP contribution in [-0.4, -0.2) is 50.6 Å². The van der Waals surface area contributed by atoms with Crippen LogP contribution in [-0.2, 0) is 20.7 Å². The zero-order valence-corrected chi connectivity index (χ0v) is 16.8. The number of fused-ring (bicyclic) bond motifs is 1. The molecule has 1 heterocycles. The highest BCUT2D eigenvalue weighted by Gasteiger charge is 2.44. The first-order valence-corrected chi connectivity index (χ1v) is 9.97. The molecule has 6 heteroatoms. The van der Waals surface area contributed by atoms with Gasteiger partial charge in [0.15, 0.2) is 0 Å². The summed E-state index contributed by atoms with van der Waals surface area (Å²) in [6, 6.07) is 7.57. The van der Waals surface area contributed by atoms with Gasteiger partial charge in [-0.05, 0) is 43.4 Å². The van der Waals surface area contributed by atoms with Gasteiger partial charge in [0.25, 0.3) is 0 Å². The van der Waals surface area contributed by atoms with E-state index in [-0.39, 0.29) is 17.2 Å². The molecule has 0 bridgehead atoms. The van der Waals surface area contributed by atoms with Crippen LogP contribution in [0.2, 0.25) is 0 Å². The maximum Gasteiger partial charge on any atom is 0.226 e. The third kappa shape index (κ3) is 4.55. The fraction of sp³-hybridized carbons (Fsp3) is 0.545. The van der Waals surface area contributed by atoms with Gasteiger partial charge in [-0.25, -0.2) is 0 Å². The molecule has 1 saturated heterocycles. The average molecular weight is 386 g/mol. The van der Waals surface area contributed by atoms with Crippen LogP contribution in [0.3, 0.4) is 0 Å². The van der Waals surface area contributed by atoms with Crippen molar-refractivity contribution in [2.24, 2.45) is 5.41 Å². The molecule has 152 valence electrons. The number of piperidine rings is 1. The fourth-order valence-electron chi connectivity index (χ4n) is 4.28. The number of carbonyl (C=O) groups excluding carboxylic acids is 2. The number of likely N-dealkylation sites (tertiary alicyclic amines) is 1. The Morgan fingerprint density at radius 2 is 2.14 bits per heavy atom. The lowest BCUT2D eigenvalue weighted by Gasteiger charge is -2.47. The summed E-state index contributed by atoms with van der Waals surface area (Å²) in [7, 11) is 3.27. The molecule has 3 rings (SSSR count). The van der Waals surface area contributed by atoms with Crippen molar-refractivity contribution in [3.8, 4) is 5.75 Å². The third-order valence-corrected chi connectivity index (χ3v) is 5.79. The van der Waals surface area contributed by atoms with Crippen LogP contribution in [0.15, 0.2) is 36.0 Å². The van der Waals surface area contributed by atoms with Crippen LogP contribution in [0.1, 0.15) is 37.7 Å². The number of nitrogens with zero attached hydrogens (tertiary/aromatic N) is 1. The normalized spacial score (nSPS) is 21.7. The van der Waals surface area contributed by atoms with Gasteiger partial charge >= 0.3 is 0 Å². The van der Waals surface area contributed by atoms with Crippen LogP contribution in [0, 0.1) is 5.41 Å². The number of amides is 2. The van der Waals surface area contributed by atoms with Crippen LogP contribution in [0.5, 0.6) is 5.75 Å². The second-order valence-corrected chi connectivity index (χ2v) is 7.61. The molecular weight excluding hydrogens is 356 g/mol. The smallest absolute Gasteiger partial charge is 0.226 e. The van der Waals surface area contributed by atoms with Crippen molar-refractivity contribution < 1.29 is 19.1 Å². The number of hydrogen-bond acceptors (Lipinski definition) is 4. The van der Waals surface area contributed by atoms with E-state index in [1.165, 1.54) is 0 Å². The lowest BCUT2D eigenvalue weighted by Crippen LogP contribution is -2.51. The molecule has 2 aliphatic rings. The van der Waals surface area contributed by atoms with Gasteiger partial charge < -0.3 is 19.7 Å². The maximum absolute atomic E-state index is 12.6. The fourth-order valence-corrected chi connectivity index (χ4v) is 4.28. The number of methoxy groups -OCH3 is 2. The van der Waals surface area contributed by atoms with E-state index in [2.05, 4.69) is 11.4 Å². The molecular formula is C22H30N2O4. The van der Waals surface area contributed by atoms with Gasteiger partial charge in [0.05, 0.1) is 20.1 Å². The maximum atomic E-state index is 12.6. The summed E-state index contributed by atoms with van der Waals surface area (Å²) in [5.74, 6) is 0.900. The molecule has 1 aliphatic carbocycles. The Morgan fingerprint density at radius 1 is 1.29 bits per heavy atom. The largest absolute Gasteiger partial charge is 0.497 e. The first-order valence-electron chi connectivity index (χ1n) is 9.97. The van der Waals surface area contributed by atoms with Crippen LogP contribution < -0.4 is 10.1 Å². The SMILES string of the molecule is COCCN1C(=O)CCC2(CNC(=O)Cc3cccc(OC)c3)CCCC=C12. The third-order valence-electron chi connectivity index (χ3n) is 5.79. The van der Waals surface area contributed by atoms with E-state index in [9.17, 15) is 9.59 Å². The average Bonchev–Trinajstić information content (AvgIpc) is 2.72. The van der Waals surface area contributed by atoms with Gasteiger partial charge in [-0.15, -0.1) is 0 Å². The standard InChI is InChI=1S/C22H30N2O4/c1-27-13-12-24-19-8-3-4-10-22(19,11-9-21(24)26)16-23-20(25)15-17-6-5-7-18(14-17)28-2/h5-8,14H,3-4,9-13,15-16H2,1-2H3,(H,23,25). The van der Waals surface area contributed by atoms with E-state index in [0.29, 0.717) is 32.5 Å². The van der Waals surface area contributed by atoms with E-state index >= 15 is 0 Å². The molecule has 1 aromatic carbocycles. The number of hydrogen-bond donors (Lipinski definition) is 1. The van der Waals surface area contributed by atoms with Gasteiger partial charge in [-0.3, -0.25) is 9.59 Å². The second kappa shape index (κ2) is 9.24. The predicted octanol–water partition coefficient (Wildman–Crippen LogP) is 2.68. The van der Waals surface area contributed by atoms with Gasteiger partial charge in [-0.1, -0.05) is 18.2 Å². The van der Waals surface area contributed by atoms with Crippen molar-refractivity contribution in [1.82, 2.24) is 10.2 Å². The second-order valence-electron chi connectivity index (χ2n) is 7.61. The van der Waals surface area contributed by atoms with Crippen molar-refractivity contribution >= 4 is 11.8 Å². The Balaban J connectivity index is 1.67. The summed E-state index contributed by atoms with van der Waals surface area (Å²) in [6.45, 7) is 1.65. The molecule has 0 radical (unpaired) electrons. The first kappa shape index (κ1) is 20.4. The zero-order chi connectivity index (χ0) is 20.0. The lowest BCUT2D eigenvalue weighted by molar-refractivity contribution is -0.134. The summed E-state index contributed by atoms with van der Waals surface area (Å²) >= 11 is 0. The highest BCUT2D eigenvalue weighted by Crippen LogP contribution is 2.46. The lowest BCUT2D eigenvalue weighted by atomic mass is 9.69. The molecule has 1 aromatic rings. The van der Waals surface area contributed by atoms with E-state index in [1.807, 2.05) is 29.2 Å². The van der Waals surface area contributed by atoms with Crippen LogP contribution in [0.4, 0.5) is 0 Å². The number of allylic oxidation sites excluding steroid dienone is 1. The minimum absolute atomic E-state index is 0.00658. The number of ether oxygens (including phenoxy) is 2. The van der Waals surface area contributed by atoms with Gasteiger partial charge in [0.2, 0.25) is 11.8 Å². The van der Waals surface area contributed by atoms with Gasteiger partial charge in [0, 0.05) is 37.7 Å². The Bertz CT molecular complexity index is 746. The minimum atomic E-state index is -0.149. The Morgan fingerprint density at radius 3 is 2.93 bits per heavy atom. The number of carbonyl (C=O) groups is 2. The Kier molecular flexibility index (Phi) is 6.73. The number of nitrogens with one attached hydrogen (secondary N) is 1. The van der Waals surface area contributed by atoms with Crippen molar-refractivity contribution in [3.63, 3.8) is 0 Å². The first-order chi connectivity index (χ1) is 13.6. The predicted molar refractivity (Wildman–Crippen MR) is 107 cm³/mol. The highest BCUT2D eigenvalue weighted by atomic mass is 16.5. The molecule has 2 amide bonds. The summed E-state index contributed by atoms with van der Waals surface area (Å²) in [4.78, 5) is 26.9. The number of rotatable bonds is 8. The summed E-state index contributed by atoms with van der Waals surface area (Å²) in [5.41, 5.74) is 1.85. The quantitative estimate of drug-likeness (QED) is 0.746. The summed E-state index contributed by atoms with van der Waals surface area (Å²) in [6.07, 6.45) is 6.87. The minimum Gasteiger partial charge on any atom is -0.497 e. The van der Waals surface area contributed by atoms with Gasteiger partial charge in [0.1, 0.15) is 5.75 Å². The molecule has 1 fully saturated rings. The van der Waals surface area contributed by atoms with Crippen molar-refractivity contribution in [2.75, 3.05) is 33.9 Å². The van der Waals surface area contributed by atoms with E-state index < -0.39 is 0 Å². The zero-order valence-electron chi connectivity index (χ0n) is 16.8. The Hall–Kier alpha value is -2.34. The van der Waals surface area contributed by atoms with Gasteiger partial charge in [-0.2, -0.15) is 0 Å². The topological polar surface area (TPSA) is 67.9 Å². The molecule has 1 N–H and O–H groups in total. The molecule has 1 aliphatic heterocycles. The molecule has 0 saturated carbocycles. The molecule has 0 aromatic heterocycles. The van der Waals surface area contributed by atoms with E-state index in [4.69, 9.17) is 9.47 Å². The molecule has 1 unspecified atom stereocenters. The van der Waals surface area contributed by atoms with Crippen LogP contribution >= 0.6 is 0 Å². The van der Waals surface area contributed by atoms with Crippen molar-refractivity contribution in [2.45, 2.75) is 38.5 Å². The van der Waals surface area contributed by atoms with E-state index in [0.717, 1.165) is 42.7 Å². The molecule has 6 nitrogen and oxygen atoms in total. The Labute approximate surface area is 166 Å². The summed E-state index contributed by atoms with van der Waals surface area (Å²) < 4.78 is 10.4. The highest BCUT2D eigenvalue weighted by molar-refractivity contribution is 5.81. The molecule has 0 spiro atoms. The van der Waals surface area contributed by atoms with E-state index in [1.54, 1.807) is 14.2 Å². The monoisotopic (exact) mass is 386 g/mol. The number of benzene rings is 1. The van der Waals surface area contributed by atoms with Crippen LogP contribution in [0.25, 0.3) is 0 Å².